The summed E-state index contributed by atoms with van der Waals surface area (Å²) in [5, 5.41) is 11.8. The van der Waals surface area contributed by atoms with Gasteiger partial charge >= 0.3 is 6.18 Å². The summed E-state index contributed by atoms with van der Waals surface area (Å²) in [4.78, 5) is 21.3. The molecule has 0 fully saturated rings. The first-order valence-corrected chi connectivity index (χ1v) is 8.46. The number of benzene rings is 2. The topological polar surface area (TPSA) is 87.9 Å². The minimum atomic E-state index is -4.52. The zero-order chi connectivity index (χ0) is 21.2. The van der Waals surface area contributed by atoms with Gasteiger partial charge in [-0.15, -0.1) is 0 Å². The second-order valence-corrected chi connectivity index (χ2v) is 6.28. The quantitative estimate of drug-likeness (QED) is 0.705. The smallest absolute Gasteiger partial charge is 0.422 e. The number of alkyl halides is 3. The first-order chi connectivity index (χ1) is 13.7. The van der Waals surface area contributed by atoms with Gasteiger partial charge in [0, 0.05) is 11.3 Å². The van der Waals surface area contributed by atoms with Gasteiger partial charge in [0.15, 0.2) is 6.61 Å². The Labute approximate surface area is 164 Å². The van der Waals surface area contributed by atoms with Crippen LogP contribution in [-0.4, -0.2) is 28.7 Å². The largest absolute Gasteiger partial charge is 0.483 e. The van der Waals surface area contributed by atoms with Crippen LogP contribution in [0.2, 0.25) is 0 Å². The van der Waals surface area contributed by atoms with Gasteiger partial charge in [-0.3, -0.25) is 4.79 Å². The Morgan fingerprint density at radius 2 is 1.79 bits per heavy atom. The zero-order valence-electron chi connectivity index (χ0n) is 15.5. The molecule has 148 valence electrons. The number of nitrogens with one attached hydrogen (secondary N) is 1. The van der Waals surface area contributed by atoms with Gasteiger partial charge in [-0.1, -0.05) is 0 Å². The number of hydrogen-bond donors (Lipinski definition) is 1. The molecule has 0 saturated heterocycles. The van der Waals surface area contributed by atoms with E-state index in [0.717, 1.165) is 11.4 Å². The van der Waals surface area contributed by atoms with Crippen molar-refractivity contribution >= 4 is 22.6 Å². The Morgan fingerprint density at radius 1 is 1.10 bits per heavy atom. The van der Waals surface area contributed by atoms with Gasteiger partial charge < -0.3 is 10.1 Å². The molecule has 9 heteroatoms. The van der Waals surface area contributed by atoms with E-state index in [4.69, 9.17) is 5.26 Å². The lowest BCUT2D eigenvalue weighted by Gasteiger charge is -2.12. The number of carbonyl (C=O) groups excluding carboxylic acids is 1. The van der Waals surface area contributed by atoms with Gasteiger partial charge in [-0.25, -0.2) is 9.97 Å². The fraction of sp³-hybridized carbons (Fsp3) is 0.200. The highest BCUT2D eigenvalue weighted by Gasteiger charge is 2.28. The first kappa shape index (κ1) is 20.1. The molecule has 0 atom stereocenters. The van der Waals surface area contributed by atoms with Crippen molar-refractivity contribution in [1.82, 2.24) is 9.97 Å². The number of nitrogens with zero attached hydrogens (tertiary/aromatic N) is 3. The third kappa shape index (κ3) is 4.79. The Morgan fingerprint density at radius 3 is 2.45 bits per heavy atom. The SMILES string of the molecule is Cc1nc2ccc(C(=O)Nc3ccc(OCC(F)(F)F)c(C#N)c3)cc2nc1C. The Kier molecular flexibility index (Phi) is 5.37. The van der Waals surface area contributed by atoms with E-state index in [0.29, 0.717) is 16.6 Å². The number of rotatable bonds is 4. The number of aryl methyl sites for hydroxylation is 2. The number of amides is 1. The van der Waals surface area contributed by atoms with E-state index >= 15 is 0 Å². The lowest BCUT2D eigenvalue weighted by Crippen LogP contribution is -2.19. The summed E-state index contributed by atoms with van der Waals surface area (Å²) in [5.74, 6) is -0.672. The number of nitriles is 1. The highest BCUT2D eigenvalue weighted by atomic mass is 19.4. The van der Waals surface area contributed by atoms with E-state index in [1.807, 2.05) is 13.8 Å². The molecule has 1 N–H and O–H groups in total. The summed E-state index contributed by atoms with van der Waals surface area (Å²) >= 11 is 0. The molecule has 0 spiro atoms. The van der Waals surface area contributed by atoms with Gasteiger partial charge in [-0.2, -0.15) is 18.4 Å². The van der Waals surface area contributed by atoms with E-state index in [2.05, 4.69) is 20.0 Å². The van der Waals surface area contributed by atoms with Gasteiger partial charge in [0.1, 0.15) is 11.8 Å². The fourth-order valence-electron chi connectivity index (χ4n) is 2.56. The molecule has 0 saturated carbocycles. The molecule has 0 unspecified atom stereocenters. The minimum Gasteiger partial charge on any atom is -0.483 e. The van der Waals surface area contributed by atoms with Crippen molar-refractivity contribution in [3.05, 3.63) is 58.9 Å². The van der Waals surface area contributed by atoms with Crippen molar-refractivity contribution < 1.29 is 22.7 Å². The van der Waals surface area contributed by atoms with Crippen LogP contribution in [-0.2, 0) is 0 Å². The van der Waals surface area contributed by atoms with Gasteiger partial charge in [0.25, 0.3) is 5.91 Å². The predicted octanol–water partition coefficient (Wildman–Crippen LogP) is 4.31. The van der Waals surface area contributed by atoms with Crippen LogP contribution in [0.25, 0.3) is 11.0 Å². The van der Waals surface area contributed by atoms with E-state index < -0.39 is 18.7 Å². The lowest BCUT2D eigenvalue weighted by atomic mass is 10.1. The average Bonchev–Trinajstić information content (AvgIpc) is 2.66. The lowest BCUT2D eigenvalue weighted by molar-refractivity contribution is -0.153. The predicted molar refractivity (Wildman–Crippen MR) is 99.7 cm³/mol. The fourth-order valence-corrected chi connectivity index (χ4v) is 2.56. The summed E-state index contributed by atoms with van der Waals surface area (Å²) in [6, 6.07) is 10.4. The van der Waals surface area contributed by atoms with Gasteiger partial charge in [0.2, 0.25) is 0 Å². The monoisotopic (exact) mass is 400 g/mol. The summed E-state index contributed by atoms with van der Waals surface area (Å²) in [6.07, 6.45) is -4.52. The third-order valence-corrected chi connectivity index (χ3v) is 4.09. The molecule has 1 heterocycles. The van der Waals surface area contributed by atoms with Crippen molar-refractivity contribution in [2.45, 2.75) is 20.0 Å². The van der Waals surface area contributed by atoms with E-state index in [-0.39, 0.29) is 17.0 Å². The van der Waals surface area contributed by atoms with Gasteiger partial charge in [0.05, 0.1) is 28.0 Å². The number of carbonyl (C=O) groups is 1. The van der Waals surface area contributed by atoms with Crippen LogP contribution in [0.4, 0.5) is 18.9 Å². The molecule has 0 aliphatic heterocycles. The maximum atomic E-state index is 12.5. The summed E-state index contributed by atoms with van der Waals surface area (Å²) < 4.78 is 41.5. The van der Waals surface area contributed by atoms with Crippen molar-refractivity contribution in [3.63, 3.8) is 0 Å². The molecule has 1 aromatic heterocycles. The standard InChI is InChI=1S/C20H15F3N4O2/c1-11-12(2)26-17-8-13(3-5-16(17)25-11)19(28)27-15-4-6-18(14(7-15)9-24)29-10-20(21,22)23/h3-8H,10H2,1-2H3,(H,27,28). The molecule has 3 rings (SSSR count). The first-order valence-electron chi connectivity index (χ1n) is 8.46. The highest BCUT2D eigenvalue weighted by molar-refractivity contribution is 6.06. The third-order valence-electron chi connectivity index (χ3n) is 4.09. The van der Waals surface area contributed by atoms with Crippen molar-refractivity contribution in [3.8, 4) is 11.8 Å². The Balaban J connectivity index is 1.80. The molecular formula is C20H15F3N4O2. The number of ether oxygens (including phenoxy) is 1. The Bertz CT molecular complexity index is 1140. The summed E-state index contributed by atoms with van der Waals surface area (Å²) in [7, 11) is 0. The van der Waals surface area contributed by atoms with Crippen molar-refractivity contribution in [2.75, 3.05) is 11.9 Å². The van der Waals surface area contributed by atoms with Crippen molar-refractivity contribution in [2.24, 2.45) is 0 Å². The summed E-state index contributed by atoms with van der Waals surface area (Å²) in [5.41, 5.74) is 3.22. The van der Waals surface area contributed by atoms with Gasteiger partial charge in [-0.05, 0) is 50.2 Å². The van der Waals surface area contributed by atoms with Crippen LogP contribution in [0.5, 0.6) is 5.75 Å². The molecule has 29 heavy (non-hydrogen) atoms. The molecule has 3 aromatic rings. The Hall–Kier alpha value is -3.67. The molecule has 0 radical (unpaired) electrons. The molecule has 0 aliphatic rings. The molecular weight excluding hydrogens is 385 g/mol. The van der Waals surface area contributed by atoms with Crippen LogP contribution >= 0.6 is 0 Å². The van der Waals surface area contributed by atoms with Crippen LogP contribution in [0.15, 0.2) is 36.4 Å². The number of anilines is 1. The molecule has 1 amide bonds. The number of aromatic nitrogens is 2. The van der Waals surface area contributed by atoms with Crippen LogP contribution < -0.4 is 10.1 Å². The van der Waals surface area contributed by atoms with E-state index in [1.165, 1.54) is 18.2 Å². The highest BCUT2D eigenvalue weighted by Crippen LogP contribution is 2.25. The second-order valence-electron chi connectivity index (χ2n) is 6.28. The number of halogens is 3. The van der Waals surface area contributed by atoms with Crippen LogP contribution in [0.3, 0.4) is 0 Å². The van der Waals surface area contributed by atoms with Crippen LogP contribution in [0.1, 0.15) is 27.3 Å². The zero-order valence-corrected chi connectivity index (χ0v) is 15.5. The normalized spacial score (nSPS) is 11.2. The summed E-state index contributed by atoms with van der Waals surface area (Å²) in [6.45, 7) is 2.15. The minimum absolute atomic E-state index is 0.123. The van der Waals surface area contributed by atoms with Crippen LogP contribution in [0, 0.1) is 25.2 Å². The van der Waals surface area contributed by atoms with E-state index in [9.17, 15) is 18.0 Å². The maximum absolute atomic E-state index is 12.5. The molecule has 0 bridgehead atoms. The second kappa shape index (κ2) is 7.75. The maximum Gasteiger partial charge on any atom is 0.422 e. The average molecular weight is 400 g/mol. The molecule has 0 aliphatic carbocycles. The van der Waals surface area contributed by atoms with E-state index in [1.54, 1.807) is 24.3 Å². The number of hydrogen-bond acceptors (Lipinski definition) is 5. The van der Waals surface area contributed by atoms with Crippen molar-refractivity contribution in [1.29, 1.82) is 5.26 Å². The molecule has 6 nitrogen and oxygen atoms in total. The number of fused-ring (bicyclic) bond motifs is 1. The molecule has 2 aromatic carbocycles.